The molecule has 0 N–H and O–H groups in total. The van der Waals surface area contributed by atoms with Gasteiger partial charge in [0.1, 0.15) is 0 Å². The molecule has 0 aromatic rings. The van der Waals surface area contributed by atoms with E-state index in [2.05, 4.69) is 13.8 Å². The summed E-state index contributed by atoms with van der Waals surface area (Å²) in [5.74, 6) is 0. The lowest BCUT2D eigenvalue weighted by Crippen LogP contribution is -2.42. The standard InChI is InChI=1S/2C13H30O3Si/c2*1-5-6-7-8-9-10-11-12-13-17(14-2,15-3)16-4/h2*5-13H2,1-4H3. The predicted octanol–water partition coefficient (Wildman–Crippen LogP) is 8.01. The molecule has 0 heterocycles. The van der Waals surface area contributed by atoms with E-state index >= 15 is 0 Å². The Morgan fingerprint density at radius 3 is 0.735 bits per heavy atom. The Balaban J connectivity index is 0. The summed E-state index contributed by atoms with van der Waals surface area (Å²) >= 11 is 0. The lowest BCUT2D eigenvalue weighted by Gasteiger charge is -2.24. The van der Waals surface area contributed by atoms with Gasteiger partial charge in [0.05, 0.1) is 0 Å². The molecule has 0 fully saturated rings. The quantitative estimate of drug-likeness (QED) is 0.0941. The van der Waals surface area contributed by atoms with Crippen molar-refractivity contribution in [1.29, 1.82) is 0 Å². The highest BCUT2D eigenvalue weighted by atomic mass is 28.4. The second-order valence-electron chi connectivity index (χ2n) is 9.04. The van der Waals surface area contributed by atoms with Crippen molar-refractivity contribution in [1.82, 2.24) is 0 Å². The van der Waals surface area contributed by atoms with E-state index in [0.717, 1.165) is 24.9 Å². The molecule has 0 aromatic carbocycles. The van der Waals surface area contributed by atoms with Gasteiger partial charge in [-0.15, -0.1) is 0 Å². The Bertz CT molecular complexity index is 341. The lowest BCUT2D eigenvalue weighted by molar-refractivity contribution is 0.122. The maximum absolute atomic E-state index is 5.39. The first-order valence-electron chi connectivity index (χ1n) is 13.8. The van der Waals surface area contributed by atoms with Gasteiger partial charge in [0.25, 0.3) is 0 Å². The Kier molecular flexibility index (Phi) is 28.1. The van der Waals surface area contributed by atoms with Crippen molar-refractivity contribution in [2.75, 3.05) is 42.7 Å². The van der Waals surface area contributed by atoms with Gasteiger partial charge in [-0.3, -0.25) is 0 Å². The number of hydrogen-bond donors (Lipinski definition) is 0. The van der Waals surface area contributed by atoms with Crippen molar-refractivity contribution in [3.05, 3.63) is 0 Å². The molecular formula is C26H60O6Si2. The first-order valence-corrected chi connectivity index (χ1v) is 17.7. The molecule has 0 amide bonds. The fourth-order valence-electron chi connectivity index (χ4n) is 4.06. The molecular weight excluding hydrogens is 464 g/mol. The van der Waals surface area contributed by atoms with Gasteiger partial charge in [0.2, 0.25) is 0 Å². The van der Waals surface area contributed by atoms with Crippen LogP contribution < -0.4 is 0 Å². The van der Waals surface area contributed by atoms with Crippen molar-refractivity contribution in [2.24, 2.45) is 0 Å². The molecule has 0 aliphatic carbocycles. The van der Waals surface area contributed by atoms with Crippen molar-refractivity contribution in [3.8, 4) is 0 Å². The Labute approximate surface area is 215 Å². The minimum atomic E-state index is -2.30. The molecule has 0 aromatic heterocycles. The van der Waals surface area contributed by atoms with Crippen LogP contribution >= 0.6 is 0 Å². The van der Waals surface area contributed by atoms with Gasteiger partial charge in [0.15, 0.2) is 0 Å². The third kappa shape index (κ3) is 19.4. The molecule has 208 valence electrons. The lowest BCUT2D eigenvalue weighted by atomic mass is 10.1. The van der Waals surface area contributed by atoms with Crippen LogP contribution in [0.5, 0.6) is 0 Å². The summed E-state index contributed by atoms with van der Waals surface area (Å²) in [4.78, 5) is 0. The largest absolute Gasteiger partial charge is 0.500 e. The molecule has 6 nitrogen and oxygen atoms in total. The second-order valence-corrected chi connectivity index (χ2v) is 15.2. The molecule has 0 spiro atoms. The van der Waals surface area contributed by atoms with Gasteiger partial charge in [-0.05, 0) is 12.8 Å². The molecule has 0 unspecified atom stereocenters. The Hall–Kier alpha value is 0.194. The summed E-state index contributed by atoms with van der Waals surface area (Å²) in [6.45, 7) is 4.51. The van der Waals surface area contributed by atoms with Gasteiger partial charge in [-0.25, -0.2) is 0 Å². The van der Waals surface area contributed by atoms with E-state index in [1.165, 1.54) is 89.9 Å². The highest BCUT2D eigenvalue weighted by Gasteiger charge is 2.37. The molecule has 8 heteroatoms. The minimum absolute atomic E-state index is 0.936. The van der Waals surface area contributed by atoms with Crippen molar-refractivity contribution in [3.63, 3.8) is 0 Å². The molecule has 0 rings (SSSR count). The summed E-state index contributed by atoms with van der Waals surface area (Å²) in [6, 6.07) is 1.87. The van der Waals surface area contributed by atoms with E-state index < -0.39 is 17.6 Å². The van der Waals surface area contributed by atoms with Crippen LogP contribution in [-0.4, -0.2) is 60.3 Å². The average molecular weight is 525 g/mol. The van der Waals surface area contributed by atoms with Crippen LogP contribution in [0.4, 0.5) is 0 Å². The maximum atomic E-state index is 5.39. The Morgan fingerprint density at radius 2 is 0.529 bits per heavy atom. The zero-order valence-corrected chi connectivity index (χ0v) is 26.2. The molecule has 0 saturated carbocycles. The summed E-state index contributed by atoms with van der Waals surface area (Å²) in [5.41, 5.74) is 0. The fourth-order valence-corrected chi connectivity index (χ4v) is 7.65. The Morgan fingerprint density at radius 1 is 0.324 bits per heavy atom. The summed E-state index contributed by atoms with van der Waals surface area (Å²) < 4.78 is 32.3. The normalized spacial score (nSPS) is 12.0. The van der Waals surface area contributed by atoms with Crippen LogP contribution in [0.3, 0.4) is 0 Å². The van der Waals surface area contributed by atoms with Gasteiger partial charge in [0, 0.05) is 54.7 Å². The van der Waals surface area contributed by atoms with Crippen LogP contribution in [0.15, 0.2) is 0 Å². The van der Waals surface area contributed by atoms with Crippen LogP contribution in [0.1, 0.15) is 117 Å². The number of rotatable bonds is 24. The zero-order valence-electron chi connectivity index (χ0n) is 24.2. The topological polar surface area (TPSA) is 55.4 Å². The highest BCUT2D eigenvalue weighted by Crippen LogP contribution is 2.19. The van der Waals surface area contributed by atoms with E-state index in [9.17, 15) is 0 Å². The van der Waals surface area contributed by atoms with E-state index in [1.807, 2.05) is 0 Å². The van der Waals surface area contributed by atoms with Crippen LogP contribution in [-0.2, 0) is 26.6 Å². The first-order chi connectivity index (χ1) is 16.5. The second kappa shape index (κ2) is 26.3. The molecule has 0 aliphatic rings. The van der Waals surface area contributed by atoms with Gasteiger partial charge in [-0.1, -0.05) is 104 Å². The fraction of sp³-hybridized carbons (Fsp3) is 1.00. The van der Waals surface area contributed by atoms with Gasteiger partial charge >= 0.3 is 17.6 Å². The molecule has 0 aliphatic heterocycles. The zero-order chi connectivity index (χ0) is 26.0. The van der Waals surface area contributed by atoms with Gasteiger partial charge in [-0.2, -0.15) is 0 Å². The number of hydrogen-bond acceptors (Lipinski definition) is 6. The summed E-state index contributed by atoms with van der Waals surface area (Å²) in [6.07, 6.45) is 21.2. The van der Waals surface area contributed by atoms with Crippen LogP contribution in [0, 0.1) is 0 Å². The summed E-state index contributed by atoms with van der Waals surface area (Å²) in [7, 11) is 5.51. The smallest absolute Gasteiger partial charge is 0.377 e. The van der Waals surface area contributed by atoms with Gasteiger partial charge < -0.3 is 26.6 Å². The van der Waals surface area contributed by atoms with E-state index in [1.54, 1.807) is 42.7 Å². The molecule has 0 bridgehead atoms. The first kappa shape index (κ1) is 36.4. The third-order valence-corrected chi connectivity index (χ3v) is 12.2. The summed E-state index contributed by atoms with van der Waals surface area (Å²) in [5, 5.41) is 0. The van der Waals surface area contributed by atoms with E-state index in [-0.39, 0.29) is 0 Å². The predicted molar refractivity (Wildman–Crippen MR) is 148 cm³/mol. The molecule has 0 saturated heterocycles. The third-order valence-electron chi connectivity index (χ3n) is 6.54. The van der Waals surface area contributed by atoms with E-state index in [4.69, 9.17) is 26.6 Å². The molecule has 0 atom stereocenters. The van der Waals surface area contributed by atoms with Crippen LogP contribution in [0.25, 0.3) is 0 Å². The minimum Gasteiger partial charge on any atom is -0.377 e. The van der Waals surface area contributed by atoms with Crippen molar-refractivity contribution >= 4 is 17.6 Å². The van der Waals surface area contributed by atoms with Crippen molar-refractivity contribution < 1.29 is 26.6 Å². The molecule has 34 heavy (non-hydrogen) atoms. The monoisotopic (exact) mass is 524 g/mol. The molecule has 0 radical (unpaired) electrons. The highest BCUT2D eigenvalue weighted by molar-refractivity contribution is 6.60. The van der Waals surface area contributed by atoms with Crippen LogP contribution in [0.2, 0.25) is 12.1 Å². The maximum Gasteiger partial charge on any atom is 0.500 e. The number of unbranched alkanes of at least 4 members (excludes halogenated alkanes) is 14. The van der Waals surface area contributed by atoms with E-state index in [0.29, 0.717) is 0 Å². The van der Waals surface area contributed by atoms with Crippen molar-refractivity contribution in [2.45, 2.75) is 129 Å². The average Bonchev–Trinajstić information content (AvgIpc) is 2.88. The SMILES string of the molecule is CCCCCCCCCC[Si](OC)(OC)OC.CCCCCCCCCC[Si](OC)(OC)OC.